The van der Waals surface area contributed by atoms with Crippen molar-refractivity contribution in [2.45, 2.75) is 23.8 Å². The van der Waals surface area contributed by atoms with E-state index in [1.54, 1.807) is 24.3 Å². The molecule has 3 rings (SSSR count). The second-order valence-corrected chi connectivity index (χ2v) is 7.08. The minimum atomic E-state index is -1.39. The quantitative estimate of drug-likeness (QED) is 0.778. The van der Waals surface area contributed by atoms with Gasteiger partial charge in [-0.25, -0.2) is 4.21 Å². The van der Waals surface area contributed by atoms with E-state index in [4.69, 9.17) is 16.3 Å². The lowest BCUT2D eigenvalue weighted by molar-refractivity contribution is -0.129. The topological polar surface area (TPSA) is 46.6 Å². The van der Waals surface area contributed by atoms with Gasteiger partial charge < -0.3 is 4.74 Å². The maximum absolute atomic E-state index is 13.1. The van der Waals surface area contributed by atoms with Gasteiger partial charge >= 0.3 is 0 Å². The van der Waals surface area contributed by atoms with Crippen molar-refractivity contribution in [1.82, 2.24) is 0 Å². The van der Waals surface area contributed by atoms with E-state index in [9.17, 15) is 9.00 Å². The summed E-state index contributed by atoms with van der Waals surface area (Å²) in [6.45, 7) is 0.654. The fourth-order valence-electron chi connectivity index (χ4n) is 2.76. The first-order valence-electron chi connectivity index (χ1n) is 7.30. The molecule has 2 aromatic carbocycles. The number of ether oxygens (including phenoxy) is 1. The van der Waals surface area contributed by atoms with E-state index in [2.05, 4.69) is 0 Å². The number of aryl methyl sites for hydroxylation is 1. The van der Waals surface area contributed by atoms with Gasteiger partial charge in [0.2, 0.25) is 0 Å². The number of hydrogen-bond donors (Lipinski definition) is 0. The van der Waals surface area contributed by atoms with Crippen LogP contribution in [0.25, 0.3) is 0 Å². The lowest BCUT2D eigenvalue weighted by Gasteiger charge is -2.36. The fourth-order valence-corrected chi connectivity index (χ4v) is 4.28. The highest BCUT2D eigenvalue weighted by Gasteiger charge is 2.31. The predicted molar refractivity (Wildman–Crippen MR) is 90.9 cm³/mol. The van der Waals surface area contributed by atoms with Crippen molar-refractivity contribution in [3.63, 3.8) is 0 Å². The van der Waals surface area contributed by atoms with E-state index in [1.165, 1.54) is 0 Å². The molecule has 1 aliphatic heterocycles. The Labute approximate surface area is 142 Å². The summed E-state index contributed by atoms with van der Waals surface area (Å²) in [6.07, 6.45) is 1.65. The molecule has 0 radical (unpaired) electrons. The van der Waals surface area contributed by atoms with Gasteiger partial charge in [0, 0.05) is 5.02 Å². The number of nitrogens with zero attached hydrogens (tertiary/aromatic N) is 1. The zero-order valence-corrected chi connectivity index (χ0v) is 13.9. The lowest BCUT2D eigenvalue weighted by Crippen LogP contribution is -2.43. The Bertz CT molecular complexity index is 720. The maximum atomic E-state index is 13.1. The normalized spacial score (nSPS) is 18.1. The van der Waals surface area contributed by atoms with E-state index in [-0.39, 0.29) is 12.6 Å². The molecule has 0 amide bonds. The summed E-state index contributed by atoms with van der Waals surface area (Å²) in [7, 11) is -1.39. The third-order valence-corrected chi connectivity index (χ3v) is 5.64. The Morgan fingerprint density at radius 2 is 1.96 bits per heavy atom. The van der Waals surface area contributed by atoms with Crippen LogP contribution in [0.5, 0.6) is 0 Å². The van der Waals surface area contributed by atoms with Crippen LogP contribution in [0, 0.1) is 0 Å². The summed E-state index contributed by atoms with van der Waals surface area (Å²) in [5.74, 6) is 0. The lowest BCUT2D eigenvalue weighted by atomic mass is 9.98. The molecule has 0 aromatic heterocycles. The van der Waals surface area contributed by atoms with Crippen LogP contribution in [0.4, 0.5) is 5.69 Å². The van der Waals surface area contributed by atoms with Crippen LogP contribution < -0.4 is 4.31 Å². The predicted octanol–water partition coefficient (Wildman–Crippen LogP) is 3.36. The van der Waals surface area contributed by atoms with E-state index in [0.29, 0.717) is 16.4 Å². The van der Waals surface area contributed by atoms with Gasteiger partial charge in [-0.15, -0.1) is 0 Å². The van der Waals surface area contributed by atoms with Gasteiger partial charge in [-0.3, -0.25) is 9.10 Å². The van der Waals surface area contributed by atoms with Crippen LogP contribution in [0.3, 0.4) is 0 Å². The van der Waals surface area contributed by atoms with Crippen LogP contribution in [0.2, 0.25) is 5.02 Å². The number of anilines is 1. The molecule has 23 heavy (non-hydrogen) atoms. The standard InChI is InChI=1S/C17H16ClNO3S/c18-14-6-9-16(10-7-14)23(21)19-15(11-22-12-20)8-5-13-3-1-2-4-17(13)19/h1-4,6-7,9-10,12,15H,5,8,11H2. The fraction of sp³-hybridized carbons (Fsp3) is 0.235. The summed E-state index contributed by atoms with van der Waals surface area (Å²) in [5.41, 5.74) is 2.07. The van der Waals surface area contributed by atoms with Gasteiger partial charge in [0.05, 0.1) is 16.6 Å². The number of fused-ring (bicyclic) bond motifs is 1. The molecule has 1 heterocycles. The van der Waals surface area contributed by atoms with Crippen molar-refractivity contribution in [1.29, 1.82) is 0 Å². The van der Waals surface area contributed by atoms with Crippen molar-refractivity contribution in [3.05, 3.63) is 59.1 Å². The average Bonchev–Trinajstić information content (AvgIpc) is 2.59. The average molecular weight is 350 g/mol. The molecule has 0 fully saturated rings. The van der Waals surface area contributed by atoms with E-state index < -0.39 is 11.0 Å². The summed E-state index contributed by atoms with van der Waals surface area (Å²) >= 11 is 5.91. The second kappa shape index (κ2) is 7.15. The van der Waals surface area contributed by atoms with E-state index in [1.807, 2.05) is 28.6 Å². The number of rotatable bonds is 5. The minimum Gasteiger partial charge on any atom is -0.466 e. The van der Waals surface area contributed by atoms with Gasteiger partial charge in [0.1, 0.15) is 6.61 Å². The molecule has 0 saturated carbocycles. The van der Waals surface area contributed by atoms with Crippen LogP contribution in [-0.2, 0) is 26.9 Å². The molecular weight excluding hydrogens is 334 g/mol. The highest BCUT2D eigenvalue weighted by Crippen LogP contribution is 2.33. The number of carbonyl (C=O) groups excluding carboxylic acids is 1. The molecule has 6 heteroatoms. The van der Waals surface area contributed by atoms with Gasteiger partial charge in [-0.1, -0.05) is 29.8 Å². The molecule has 0 bridgehead atoms. The van der Waals surface area contributed by atoms with Crippen LogP contribution in [-0.4, -0.2) is 23.3 Å². The molecule has 1 aliphatic rings. The number of hydrogen-bond acceptors (Lipinski definition) is 3. The smallest absolute Gasteiger partial charge is 0.293 e. The van der Waals surface area contributed by atoms with Gasteiger partial charge in [-0.05, 0) is 48.7 Å². The largest absolute Gasteiger partial charge is 0.466 e. The molecule has 2 atom stereocenters. The third kappa shape index (κ3) is 3.41. The molecular formula is C17H16ClNO3S. The van der Waals surface area contributed by atoms with Crippen molar-refractivity contribution >= 4 is 34.7 Å². The van der Waals surface area contributed by atoms with Gasteiger partial charge in [0.25, 0.3) is 6.47 Å². The molecule has 2 unspecified atom stereocenters. The molecule has 4 nitrogen and oxygen atoms in total. The van der Waals surface area contributed by atoms with E-state index >= 15 is 0 Å². The Kier molecular flexibility index (Phi) is 4.98. The summed E-state index contributed by atoms with van der Waals surface area (Å²) in [6, 6.07) is 14.7. The number of halogens is 1. The highest BCUT2D eigenvalue weighted by atomic mass is 35.5. The van der Waals surface area contributed by atoms with Crippen molar-refractivity contribution in [2.75, 3.05) is 10.9 Å². The Balaban J connectivity index is 1.97. The number of benzene rings is 2. The van der Waals surface area contributed by atoms with Crippen LogP contribution >= 0.6 is 11.6 Å². The van der Waals surface area contributed by atoms with Crippen molar-refractivity contribution < 1.29 is 13.7 Å². The van der Waals surface area contributed by atoms with E-state index in [0.717, 1.165) is 24.1 Å². The number of para-hydroxylation sites is 1. The van der Waals surface area contributed by atoms with Crippen LogP contribution in [0.15, 0.2) is 53.4 Å². The molecule has 2 aromatic rings. The maximum Gasteiger partial charge on any atom is 0.293 e. The van der Waals surface area contributed by atoms with Crippen LogP contribution in [0.1, 0.15) is 12.0 Å². The zero-order chi connectivity index (χ0) is 16.2. The zero-order valence-electron chi connectivity index (χ0n) is 12.4. The minimum absolute atomic E-state index is 0.119. The first-order valence-corrected chi connectivity index (χ1v) is 8.79. The SMILES string of the molecule is O=COCC1CCc2ccccc2N1S(=O)c1ccc(Cl)cc1. The Morgan fingerprint density at radius 1 is 1.22 bits per heavy atom. The summed E-state index contributed by atoms with van der Waals surface area (Å²) < 4.78 is 19.9. The van der Waals surface area contributed by atoms with Crippen molar-refractivity contribution in [2.24, 2.45) is 0 Å². The summed E-state index contributed by atoms with van der Waals surface area (Å²) in [4.78, 5) is 11.2. The number of carbonyl (C=O) groups is 1. The van der Waals surface area contributed by atoms with Crippen molar-refractivity contribution in [3.8, 4) is 0 Å². The molecule has 0 spiro atoms. The van der Waals surface area contributed by atoms with Gasteiger partial charge in [0.15, 0.2) is 11.0 Å². The first-order chi connectivity index (χ1) is 11.2. The highest BCUT2D eigenvalue weighted by molar-refractivity contribution is 7.86. The summed E-state index contributed by atoms with van der Waals surface area (Å²) in [5, 5.41) is 0.602. The first kappa shape index (κ1) is 16.0. The Hall–Kier alpha value is -1.85. The molecule has 0 aliphatic carbocycles. The van der Waals surface area contributed by atoms with Gasteiger partial charge in [-0.2, -0.15) is 0 Å². The monoisotopic (exact) mass is 349 g/mol. The molecule has 0 saturated heterocycles. The second-order valence-electron chi connectivity index (χ2n) is 5.28. The molecule has 120 valence electrons. The third-order valence-electron chi connectivity index (χ3n) is 3.86. The Morgan fingerprint density at radius 3 is 2.70 bits per heavy atom. The molecule has 0 N–H and O–H groups in total.